The third-order valence-electron chi connectivity index (χ3n) is 4.73. The zero-order chi connectivity index (χ0) is 18.8. The van der Waals surface area contributed by atoms with Gasteiger partial charge >= 0.3 is 0 Å². The standard InChI is InChI=1S/C20H19FN4O2/c1-14-18(19(23-27-14)15-5-7-16(21)8-6-15)20(26)25-12-10-24(11-13-25)17-4-2-3-9-22-17/h2-9H,10-13H2,1H3. The van der Waals surface area contributed by atoms with Crippen LogP contribution in [0.2, 0.25) is 0 Å². The minimum atomic E-state index is -0.336. The van der Waals surface area contributed by atoms with E-state index in [4.69, 9.17) is 4.52 Å². The van der Waals surface area contributed by atoms with Gasteiger partial charge in [-0.15, -0.1) is 0 Å². The highest BCUT2D eigenvalue weighted by atomic mass is 19.1. The molecule has 2 aromatic heterocycles. The molecule has 138 valence electrons. The summed E-state index contributed by atoms with van der Waals surface area (Å²) in [5.41, 5.74) is 1.54. The second-order valence-corrected chi connectivity index (χ2v) is 6.44. The SMILES string of the molecule is Cc1onc(-c2ccc(F)cc2)c1C(=O)N1CCN(c2ccccn2)CC1. The van der Waals surface area contributed by atoms with Gasteiger partial charge in [0.2, 0.25) is 0 Å². The van der Waals surface area contributed by atoms with Crippen molar-refractivity contribution in [2.75, 3.05) is 31.1 Å². The fourth-order valence-corrected chi connectivity index (χ4v) is 3.27. The molecule has 0 radical (unpaired) electrons. The Hall–Kier alpha value is -3.22. The molecule has 1 fully saturated rings. The number of pyridine rings is 1. The minimum absolute atomic E-state index is 0.117. The summed E-state index contributed by atoms with van der Waals surface area (Å²) >= 11 is 0. The molecule has 0 bridgehead atoms. The molecule has 1 amide bonds. The lowest BCUT2D eigenvalue weighted by atomic mass is 10.0. The molecule has 1 aromatic carbocycles. The maximum atomic E-state index is 13.2. The lowest BCUT2D eigenvalue weighted by Crippen LogP contribution is -2.49. The molecule has 0 aliphatic carbocycles. The van der Waals surface area contributed by atoms with E-state index in [1.807, 2.05) is 18.2 Å². The van der Waals surface area contributed by atoms with Crippen molar-refractivity contribution in [1.82, 2.24) is 15.0 Å². The Morgan fingerprint density at radius 2 is 1.81 bits per heavy atom. The number of halogens is 1. The lowest BCUT2D eigenvalue weighted by Gasteiger charge is -2.35. The van der Waals surface area contributed by atoms with E-state index in [1.165, 1.54) is 12.1 Å². The Balaban J connectivity index is 1.53. The van der Waals surface area contributed by atoms with Gasteiger partial charge in [-0.1, -0.05) is 11.2 Å². The quantitative estimate of drug-likeness (QED) is 0.713. The Bertz CT molecular complexity index is 932. The third kappa shape index (κ3) is 3.40. The number of piperazine rings is 1. The number of hydrogen-bond acceptors (Lipinski definition) is 5. The Labute approximate surface area is 156 Å². The van der Waals surface area contributed by atoms with Crippen molar-refractivity contribution < 1.29 is 13.7 Å². The molecule has 0 atom stereocenters. The summed E-state index contributed by atoms with van der Waals surface area (Å²) in [5.74, 6) is 0.926. The van der Waals surface area contributed by atoms with Crippen molar-refractivity contribution in [3.05, 3.63) is 65.8 Å². The van der Waals surface area contributed by atoms with E-state index in [9.17, 15) is 9.18 Å². The number of benzene rings is 1. The molecule has 0 saturated carbocycles. The molecule has 1 aliphatic heterocycles. The van der Waals surface area contributed by atoms with Crippen LogP contribution in [0.5, 0.6) is 0 Å². The van der Waals surface area contributed by atoms with Crippen LogP contribution in [0.1, 0.15) is 16.1 Å². The molecule has 3 aromatic rings. The third-order valence-corrected chi connectivity index (χ3v) is 4.73. The van der Waals surface area contributed by atoms with Gasteiger partial charge in [-0.25, -0.2) is 9.37 Å². The van der Waals surface area contributed by atoms with Gasteiger partial charge in [0.25, 0.3) is 5.91 Å². The lowest BCUT2D eigenvalue weighted by molar-refractivity contribution is 0.0745. The van der Waals surface area contributed by atoms with Crippen molar-refractivity contribution in [3.63, 3.8) is 0 Å². The van der Waals surface area contributed by atoms with Gasteiger partial charge in [-0.3, -0.25) is 4.79 Å². The molecule has 1 saturated heterocycles. The monoisotopic (exact) mass is 366 g/mol. The van der Waals surface area contributed by atoms with Crippen LogP contribution < -0.4 is 4.90 Å². The van der Waals surface area contributed by atoms with Crippen LogP contribution in [-0.4, -0.2) is 47.1 Å². The minimum Gasteiger partial charge on any atom is -0.360 e. The summed E-state index contributed by atoms with van der Waals surface area (Å²) in [4.78, 5) is 21.4. The fraction of sp³-hybridized carbons (Fsp3) is 0.250. The van der Waals surface area contributed by atoms with Gasteiger partial charge < -0.3 is 14.3 Å². The Morgan fingerprint density at radius 1 is 1.07 bits per heavy atom. The van der Waals surface area contributed by atoms with E-state index in [2.05, 4.69) is 15.0 Å². The predicted molar refractivity (Wildman–Crippen MR) is 99.0 cm³/mol. The average Bonchev–Trinajstić information content (AvgIpc) is 3.10. The molecule has 0 unspecified atom stereocenters. The predicted octanol–water partition coefficient (Wildman–Crippen LogP) is 3.15. The Kier molecular flexibility index (Phi) is 4.58. The molecule has 6 nitrogen and oxygen atoms in total. The number of nitrogens with zero attached hydrogens (tertiary/aromatic N) is 4. The van der Waals surface area contributed by atoms with E-state index in [0.717, 1.165) is 5.82 Å². The van der Waals surface area contributed by atoms with Crippen LogP contribution in [0.25, 0.3) is 11.3 Å². The molecule has 0 N–H and O–H groups in total. The molecular formula is C20H19FN4O2. The number of amides is 1. The number of rotatable bonds is 3. The largest absolute Gasteiger partial charge is 0.360 e. The maximum Gasteiger partial charge on any atom is 0.259 e. The first-order valence-corrected chi connectivity index (χ1v) is 8.81. The van der Waals surface area contributed by atoms with Gasteiger partial charge in [-0.05, 0) is 43.3 Å². The van der Waals surface area contributed by atoms with Crippen LogP contribution in [0.4, 0.5) is 10.2 Å². The number of aryl methyl sites for hydroxylation is 1. The van der Waals surface area contributed by atoms with Gasteiger partial charge in [0.15, 0.2) is 0 Å². The first-order valence-electron chi connectivity index (χ1n) is 8.81. The van der Waals surface area contributed by atoms with E-state index in [-0.39, 0.29) is 11.7 Å². The number of aromatic nitrogens is 2. The number of carbonyl (C=O) groups is 1. The van der Waals surface area contributed by atoms with Crippen LogP contribution in [0.15, 0.2) is 53.2 Å². The second-order valence-electron chi connectivity index (χ2n) is 6.44. The first kappa shape index (κ1) is 17.2. The maximum absolute atomic E-state index is 13.2. The normalized spacial score (nSPS) is 14.4. The van der Waals surface area contributed by atoms with E-state index < -0.39 is 0 Å². The van der Waals surface area contributed by atoms with E-state index in [1.54, 1.807) is 30.2 Å². The topological polar surface area (TPSA) is 62.5 Å². The highest BCUT2D eigenvalue weighted by Gasteiger charge is 2.28. The Morgan fingerprint density at radius 3 is 2.48 bits per heavy atom. The number of carbonyl (C=O) groups excluding carboxylic acids is 1. The molecule has 1 aliphatic rings. The van der Waals surface area contributed by atoms with Gasteiger partial charge in [0.05, 0.1) is 0 Å². The number of hydrogen-bond donors (Lipinski definition) is 0. The molecule has 4 rings (SSSR count). The summed E-state index contributed by atoms with van der Waals surface area (Å²) < 4.78 is 18.5. The highest BCUT2D eigenvalue weighted by molar-refractivity contribution is 6.00. The van der Waals surface area contributed by atoms with E-state index in [0.29, 0.717) is 48.8 Å². The molecule has 0 spiro atoms. The van der Waals surface area contributed by atoms with Gasteiger partial charge in [0, 0.05) is 37.9 Å². The molecule has 27 heavy (non-hydrogen) atoms. The summed E-state index contributed by atoms with van der Waals surface area (Å²) in [6.07, 6.45) is 1.77. The summed E-state index contributed by atoms with van der Waals surface area (Å²) in [5, 5.41) is 4.03. The average molecular weight is 366 g/mol. The zero-order valence-electron chi connectivity index (χ0n) is 14.9. The zero-order valence-corrected chi connectivity index (χ0v) is 14.9. The van der Waals surface area contributed by atoms with E-state index >= 15 is 0 Å². The smallest absolute Gasteiger partial charge is 0.259 e. The summed E-state index contributed by atoms with van der Waals surface area (Å²) in [7, 11) is 0. The second kappa shape index (κ2) is 7.19. The van der Waals surface area contributed by atoms with Crippen molar-refractivity contribution in [2.45, 2.75) is 6.92 Å². The summed E-state index contributed by atoms with van der Waals surface area (Å²) in [6, 6.07) is 11.7. The van der Waals surface area contributed by atoms with Crippen molar-refractivity contribution >= 4 is 11.7 Å². The van der Waals surface area contributed by atoms with Crippen LogP contribution >= 0.6 is 0 Å². The van der Waals surface area contributed by atoms with Crippen molar-refractivity contribution in [2.24, 2.45) is 0 Å². The molecule has 7 heteroatoms. The van der Waals surface area contributed by atoms with Crippen molar-refractivity contribution in [1.29, 1.82) is 0 Å². The van der Waals surface area contributed by atoms with Crippen LogP contribution in [0, 0.1) is 12.7 Å². The molecular weight excluding hydrogens is 347 g/mol. The highest BCUT2D eigenvalue weighted by Crippen LogP contribution is 2.27. The molecule has 3 heterocycles. The number of anilines is 1. The van der Waals surface area contributed by atoms with Crippen LogP contribution in [0.3, 0.4) is 0 Å². The summed E-state index contributed by atoms with van der Waals surface area (Å²) in [6.45, 7) is 4.31. The van der Waals surface area contributed by atoms with Gasteiger partial charge in [-0.2, -0.15) is 0 Å². The van der Waals surface area contributed by atoms with Gasteiger partial charge in [0.1, 0.15) is 28.7 Å². The first-order chi connectivity index (χ1) is 13.1. The van der Waals surface area contributed by atoms with Crippen LogP contribution in [-0.2, 0) is 0 Å². The van der Waals surface area contributed by atoms with Crippen molar-refractivity contribution in [3.8, 4) is 11.3 Å². The fourth-order valence-electron chi connectivity index (χ4n) is 3.27.